The minimum Gasteiger partial charge on any atom is -0.329 e. The van der Waals surface area contributed by atoms with Crippen molar-refractivity contribution in [2.45, 2.75) is 45.6 Å². The Bertz CT molecular complexity index is 562. The topological polar surface area (TPSA) is 43.8 Å². The second kappa shape index (κ2) is 5.29. The molecule has 1 aromatic carbocycles. The third-order valence-corrected chi connectivity index (χ3v) is 4.25. The molecule has 0 atom stereocenters. The Kier molecular flexibility index (Phi) is 3.90. The molecule has 0 amide bonds. The molecule has 0 bridgehead atoms. The van der Waals surface area contributed by atoms with Crippen molar-refractivity contribution >= 4 is 11.0 Å². The molecule has 1 aromatic heterocycles. The number of nitrogens with zero attached hydrogens (tertiary/aromatic N) is 2. The Morgan fingerprint density at radius 1 is 1.26 bits per heavy atom. The Morgan fingerprint density at radius 3 is 2.47 bits per heavy atom. The van der Waals surface area contributed by atoms with Crippen LogP contribution >= 0.6 is 0 Å². The Labute approximate surface area is 113 Å². The zero-order valence-corrected chi connectivity index (χ0v) is 11.9. The smallest absolute Gasteiger partial charge is 0.125 e. The summed E-state index contributed by atoms with van der Waals surface area (Å²) in [4.78, 5) is 4.67. The van der Waals surface area contributed by atoms with Gasteiger partial charge in [-0.1, -0.05) is 13.8 Å². The number of rotatable bonds is 5. The van der Waals surface area contributed by atoms with E-state index in [0.29, 0.717) is 6.54 Å². The highest BCUT2D eigenvalue weighted by Crippen LogP contribution is 2.32. The first-order valence-electron chi connectivity index (χ1n) is 6.98. The number of fused-ring (bicyclic) bond motifs is 1. The van der Waals surface area contributed by atoms with E-state index in [0.717, 1.165) is 36.2 Å². The van der Waals surface area contributed by atoms with Crippen LogP contribution in [0.1, 0.15) is 39.4 Å². The van der Waals surface area contributed by atoms with Crippen LogP contribution in [0.5, 0.6) is 0 Å². The maximum absolute atomic E-state index is 13.3. The van der Waals surface area contributed by atoms with Gasteiger partial charge in [0.05, 0.1) is 11.0 Å². The molecule has 0 saturated heterocycles. The summed E-state index contributed by atoms with van der Waals surface area (Å²) in [7, 11) is 0. The van der Waals surface area contributed by atoms with Gasteiger partial charge < -0.3 is 10.3 Å². The molecule has 104 valence electrons. The number of aromatic nitrogens is 2. The maximum atomic E-state index is 13.3. The van der Waals surface area contributed by atoms with Crippen LogP contribution < -0.4 is 5.73 Å². The van der Waals surface area contributed by atoms with Gasteiger partial charge in [0.1, 0.15) is 11.6 Å². The SMILES string of the molecule is CCn1c(C(CC)(CC)CN)nc2cc(F)ccc21. The molecule has 0 aliphatic heterocycles. The quantitative estimate of drug-likeness (QED) is 0.900. The second-order valence-corrected chi connectivity index (χ2v) is 5.00. The maximum Gasteiger partial charge on any atom is 0.125 e. The van der Waals surface area contributed by atoms with E-state index in [1.165, 1.54) is 12.1 Å². The highest BCUT2D eigenvalue weighted by Gasteiger charge is 2.32. The molecule has 0 aliphatic rings. The summed E-state index contributed by atoms with van der Waals surface area (Å²) in [5.41, 5.74) is 7.59. The largest absolute Gasteiger partial charge is 0.329 e. The second-order valence-electron chi connectivity index (χ2n) is 5.00. The van der Waals surface area contributed by atoms with Crippen molar-refractivity contribution in [3.63, 3.8) is 0 Å². The minimum atomic E-state index is -0.244. The van der Waals surface area contributed by atoms with Crippen LogP contribution in [0.2, 0.25) is 0 Å². The van der Waals surface area contributed by atoms with Crippen molar-refractivity contribution < 1.29 is 4.39 Å². The zero-order chi connectivity index (χ0) is 14.0. The van der Waals surface area contributed by atoms with Gasteiger partial charge >= 0.3 is 0 Å². The van der Waals surface area contributed by atoms with E-state index in [2.05, 4.69) is 30.3 Å². The highest BCUT2D eigenvalue weighted by atomic mass is 19.1. The molecular formula is C15H22FN3. The molecule has 2 aromatic rings. The summed E-state index contributed by atoms with van der Waals surface area (Å²) in [6.07, 6.45) is 1.87. The van der Waals surface area contributed by atoms with Gasteiger partial charge in [0, 0.05) is 24.6 Å². The van der Waals surface area contributed by atoms with E-state index in [9.17, 15) is 4.39 Å². The number of imidazole rings is 1. The fourth-order valence-corrected chi connectivity index (χ4v) is 2.77. The lowest BCUT2D eigenvalue weighted by atomic mass is 9.81. The molecule has 0 unspecified atom stereocenters. The lowest BCUT2D eigenvalue weighted by Crippen LogP contribution is -2.36. The van der Waals surface area contributed by atoms with Gasteiger partial charge in [-0.2, -0.15) is 0 Å². The molecule has 2 rings (SSSR count). The minimum absolute atomic E-state index is 0.120. The fourth-order valence-electron chi connectivity index (χ4n) is 2.77. The van der Waals surface area contributed by atoms with E-state index in [1.54, 1.807) is 6.07 Å². The van der Waals surface area contributed by atoms with Gasteiger partial charge in [-0.3, -0.25) is 0 Å². The van der Waals surface area contributed by atoms with Gasteiger partial charge in [-0.05, 0) is 31.9 Å². The number of halogens is 1. The molecule has 19 heavy (non-hydrogen) atoms. The molecule has 0 fully saturated rings. The van der Waals surface area contributed by atoms with Crippen LogP contribution in [0.15, 0.2) is 18.2 Å². The van der Waals surface area contributed by atoms with E-state index in [1.807, 2.05) is 0 Å². The molecule has 0 aliphatic carbocycles. The van der Waals surface area contributed by atoms with Gasteiger partial charge in [0.25, 0.3) is 0 Å². The number of aryl methyl sites for hydroxylation is 1. The summed E-state index contributed by atoms with van der Waals surface area (Å²) in [5.74, 6) is 0.745. The lowest BCUT2D eigenvalue weighted by molar-refractivity contribution is 0.369. The predicted octanol–water partition coefficient (Wildman–Crippen LogP) is 3.21. The molecule has 1 heterocycles. The van der Waals surface area contributed by atoms with Gasteiger partial charge in [0.2, 0.25) is 0 Å². The van der Waals surface area contributed by atoms with E-state index >= 15 is 0 Å². The van der Waals surface area contributed by atoms with E-state index in [-0.39, 0.29) is 11.2 Å². The van der Waals surface area contributed by atoms with Crippen LogP contribution in [0, 0.1) is 5.82 Å². The van der Waals surface area contributed by atoms with E-state index in [4.69, 9.17) is 5.73 Å². The number of hydrogen-bond donors (Lipinski definition) is 1. The van der Waals surface area contributed by atoms with Gasteiger partial charge in [0.15, 0.2) is 0 Å². The summed E-state index contributed by atoms with van der Waals surface area (Å²) >= 11 is 0. The standard InChI is InChI=1S/C15H22FN3/c1-4-15(5-2,10-17)14-18-12-9-11(16)7-8-13(12)19(14)6-3/h7-9H,4-6,10,17H2,1-3H3. The van der Waals surface area contributed by atoms with Crippen molar-refractivity contribution in [3.05, 3.63) is 29.8 Å². The first-order valence-corrected chi connectivity index (χ1v) is 6.98. The molecule has 0 saturated carbocycles. The lowest BCUT2D eigenvalue weighted by Gasteiger charge is -2.30. The average molecular weight is 263 g/mol. The average Bonchev–Trinajstić information content (AvgIpc) is 2.79. The van der Waals surface area contributed by atoms with Crippen LogP contribution in [0.25, 0.3) is 11.0 Å². The van der Waals surface area contributed by atoms with Crippen molar-refractivity contribution in [1.82, 2.24) is 9.55 Å². The van der Waals surface area contributed by atoms with Crippen molar-refractivity contribution in [1.29, 1.82) is 0 Å². The molecule has 2 N–H and O–H groups in total. The first kappa shape index (κ1) is 14.0. The Morgan fingerprint density at radius 2 is 1.95 bits per heavy atom. The number of nitrogens with two attached hydrogens (primary N) is 1. The van der Waals surface area contributed by atoms with Gasteiger partial charge in [-0.15, -0.1) is 0 Å². The molecule has 3 nitrogen and oxygen atoms in total. The summed E-state index contributed by atoms with van der Waals surface area (Å²) in [6, 6.07) is 4.79. The number of benzene rings is 1. The van der Waals surface area contributed by atoms with Gasteiger partial charge in [-0.25, -0.2) is 9.37 Å². The number of hydrogen-bond acceptors (Lipinski definition) is 2. The summed E-state index contributed by atoms with van der Waals surface area (Å²) < 4.78 is 15.5. The van der Waals surface area contributed by atoms with Crippen LogP contribution in [0.4, 0.5) is 4.39 Å². The Hall–Kier alpha value is -1.42. The third-order valence-electron chi connectivity index (χ3n) is 4.25. The highest BCUT2D eigenvalue weighted by molar-refractivity contribution is 5.76. The summed E-state index contributed by atoms with van der Waals surface area (Å²) in [5, 5.41) is 0. The van der Waals surface area contributed by atoms with Crippen LogP contribution in [0.3, 0.4) is 0 Å². The fraction of sp³-hybridized carbons (Fsp3) is 0.533. The molecular weight excluding hydrogens is 241 g/mol. The van der Waals surface area contributed by atoms with Crippen LogP contribution in [-0.4, -0.2) is 16.1 Å². The molecule has 4 heteroatoms. The predicted molar refractivity (Wildman–Crippen MR) is 76.7 cm³/mol. The van der Waals surface area contributed by atoms with Crippen LogP contribution in [-0.2, 0) is 12.0 Å². The molecule has 0 radical (unpaired) electrons. The van der Waals surface area contributed by atoms with Crippen molar-refractivity contribution in [2.75, 3.05) is 6.54 Å². The first-order chi connectivity index (χ1) is 9.11. The Balaban J connectivity index is 2.72. The molecule has 0 spiro atoms. The monoisotopic (exact) mass is 263 g/mol. The zero-order valence-electron chi connectivity index (χ0n) is 11.9. The van der Waals surface area contributed by atoms with E-state index < -0.39 is 0 Å². The third kappa shape index (κ3) is 2.14. The van der Waals surface area contributed by atoms with Crippen molar-refractivity contribution in [3.8, 4) is 0 Å². The van der Waals surface area contributed by atoms with Crippen molar-refractivity contribution in [2.24, 2.45) is 5.73 Å². The normalized spacial score (nSPS) is 12.3. The summed E-state index contributed by atoms with van der Waals surface area (Å²) in [6.45, 7) is 7.73.